The molecule has 10 heteroatoms. The van der Waals surface area contributed by atoms with Gasteiger partial charge in [0.05, 0.1) is 17.0 Å². The van der Waals surface area contributed by atoms with Crippen LogP contribution in [0.2, 0.25) is 0 Å². The summed E-state index contributed by atoms with van der Waals surface area (Å²) in [6, 6.07) is 11.6. The normalized spacial score (nSPS) is 14.8. The minimum Gasteiger partial charge on any atom is -0.491 e. The lowest BCUT2D eigenvalue weighted by Gasteiger charge is -2.31. The van der Waals surface area contributed by atoms with Gasteiger partial charge in [-0.2, -0.15) is 5.10 Å². The van der Waals surface area contributed by atoms with Crippen LogP contribution in [0.5, 0.6) is 5.75 Å². The lowest BCUT2D eigenvalue weighted by molar-refractivity contribution is 0.242. The summed E-state index contributed by atoms with van der Waals surface area (Å²) in [7, 11) is 0. The fourth-order valence-electron chi connectivity index (χ4n) is 5.05. The van der Waals surface area contributed by atoms with Crippen LogP contribution in [0.4, 0.5) is 10.2 Å². The van der Waals surface area contributed by atoms with E-state index in [9.17, 15) is 9.18 Å². The van der Waals surface area contributed by atoms with Crippen LogP contribution in [0.1, 0.15) is 57.9 Å². The maximum Gasteiger partial charge on any atom is 0.264 e. The zero-order valence-corrected chi connectivity index (χ0v) is 21.4. The van der Waals surface area contributed by atoms with Gasteiger partial charge in [-0.1, -0.05) is 6.07 Å². The van der Waals surface area contributed by atoms with Crippen LogP contribution in [-0.2, 0) is 0 Å². The molecule has 0 aliphatic heterocycles. The molecule has 0 saturated heterocycles. The summed E-state index contributed by atoms with van der Waals surface area (Å²) >= 11 is 0. The molecule has 3 aromatic heterocycles. The van der Waals surface area contributed by atoms with E-state index in [0.717, 1.165) is 30.6 Å². The number of fused-ring (bicyclic) bond motifs is 2. The van der Waals surface area contributed by atoms with Gasteiger partial charge in [0.1, 0.15) is 46.7 Å². The van der Waals surface area contributed by atoms with E-state index in [1.165, 1.54) is 12.4 Å². The zero-order valence-electron chi connectivity index (χ0n) is 21.4. The lowest BCUT2D eigenvalue weighted by atomic mass is 9.92. The third-order valence-corrected chi connectivity index (χ3v) is 7.10. The third-order valence-electron chi connectivity index (χ3n) is 7.10. The van der Waals surface area contributed by atoms with E-state index in [1.54, 1.807) is 21.4 Å². The molecule has 3 heterocycles. The monoisotopic (exact) mass is 513 g/mol. The van der Waals surface area contributed by atoms with Crippen LogP contribution >= 0.6 is 0 Å². The minimum atomic E-state index is -0.565. The van der Waals surface area contributed by atoms with Gasteiger partial charge >= 0.3 is 0 Å². The summed E-state index contributed by atoms with van der Waals surface area (Å²) in [5.74, 6) is 0.995. The molecule has 1 aliphatic rings. The average molecular weight is 514 g/mol. The van der Waals surface area contributed by atoms with Crippen LogP contribution in [0, 0.1) is 5.82 Å². The first-order valence-corrected chi connectivity index (χ1v) is 12.8. The molecule has 1 saturated carbocycles. The van der Waals surface area contributed by atoms with E-state index < -0.39 is 11.9 Å². The number of benzene rings is 2. The Morgan fingerprint density at radius 2 is 1.82 bits per heavy atom. The van der Waals surface area contributed by atoms with E-state index in [-0.39, 0.29) is 23.1 Å². The maximum atomic E-state index is 14.7. The van der Waals surface area contributed by atoms with E-state index in [0.29, 0.717) is 33.9 Å². The Morgan fingerprint density at radius 3 is 2.50 bits per heavy atom. The number of aromatic nitrogens is 6. The summed E-state index contributed by atoms with van der Waals surface area (Å²) in [6.45, 7) is 5.86. The van der Waals surface area contributed by atoms with Crippen molar-refractivity contribution in [1.29, 1.82) is 0 Å². The van der Waals surface area contributed by atoms with E-state index >= 15 is 0 Å². The number of nitrogens with two attached hydrogens (primary N) is 1. The molecular formula is C28H28FN7O2. The number of ether oxygens (including phenoxy) is 1. The van der Waals surface area contributed by atoms with E-state index in [1.807, 2.05) is 45.0 Å². The molecule has 0 spiro atoms. The van der Waals surface area contributed by atoms with Gasteiger partial charge in [0.15, 0.2) is 5.65 Å². The predicted molar refractivity (Wildman–Crippen MR) is 144 cm³/mol. The lowest BCUT2D eigenvalue weighted by Crippen LogP contribution is -2.35. The zero-order chi connectivity index (χ0) is 26.6. The number of hydrogen-bond donors (Lipinski definition) is 1. The van der Waals surface area contributed by atoms with Crippen molar-refractivity contribution in [3.8, 4) is 17.0 Å². The van der Waals surface area contributed by atoms with Crippen molar-refractivity contribution < 1.29 is 9.13 Å². The van der Waals surface area contributed by atoms with Crippen molar-refractivity contribution in [1.82, 2.24) is 29.3 Å². The number of anilines is 1. The fraction of sp³-hybridized carbons (Fsp3) is 0.321. The second-order valence-electron chi connectivity index (χ2n) is 9.98. The Kier molecular flexibility index (Phi) is 5.81. The van der Waals surface area contributed by atoms with Gasteiger partial charge in [0.25, 0.3) is 5.56 Å². The largest absolute Gasteiger partial charge is 0.491 e. The van der Waals surface area contributed by atoms with Crippen molar-refractivity contribution in [2.45, 2.75) is 58.2 Å². The Morgan fingerprint density at radius 1 is 1.05 bits per heavy atom. The molecule has 1 atom stereocenters. The van der Waals surface area contributed by atoms with E-state index in [4.69, 9.17) is 20.6 Å². The van der Waals surface area contributed by atoms with Crippen molar-refractivity contribution >= 4 is 27.8 Å². The number of halogens is 1. The summed E-state index contributed by atoms with van der Waals surface area (Å²) in [6.07, 6.45) is 4.14. The molecule has 1 fully saturated rings. The number of nitrogen functional groups attached to an aromatic ring is 1. The van der Waals surface area contributed by atoms with Gasteiger partial charge in [-0.3, -0.25) is 9.36 Å². The molecule has 38 heavy (non-hydrogen) atoms. The molecule has 2 N–H and O–H groups in total. The molecule has 2 aromatic carbocycles. The molecule has 194 valence electrons. The predicted octanol–water partition coefficient (Wildman–Crippen LogP) is 5.05. The van der Waals surface area contributed by atoms with Crippen LogP contribution in [0.3, 0.4) is 0 Å². The molecule has 0 radical (unpaired) electrons. The van der Waals surface area contributed by atoms with Crippen LogP contribution in [-0.4, -0.2) is 35.4 Å². The maximum absolute atomic E-state index is 14.7. The van der Waals surface area contributed by atoms with Gasteiger partial charge in [0, 0.05) is 11.6 Å². The van der Waals surface area contributed by atoms with Crippen LogP contribution in [0.25, 0.3) is 33.2 Å². The number of nitrogens with zero attached hydrogens (tertiary/aromatic N) is 6. The van der Waals surface area contributed by atoms with Crippen LogP contribution in [0.15, 0.2) is 53.6 Å². The second kappa shape index (κ2) is 9.20. The average Bonchev–Trinajstić information content (AvgIpc) is 3.25. The topological polar surface area (TPSA) is 114 Å². The van der Waals surface area contributed by atoms with E-state index in [2.05, 4.69) is 9.97 Å². The first kappa shape index (κ1) is 24.0. The van der Waals surface area contributed by atoms with Crippen molar-refractivity contribution in [3.05, 3.63) is 70.8 Å². The Hall–Kier alpha value is -4.34. The van der Waals surface area contributed by atoms with Crippen LogP contribution < -0.4 is 16.0 Å². The van der Waals surface area contributed by atoms with Crippen molar-refractivity contribution in [3.63, 3.8) is 0 Å². The molecule has 9 nitrogen and oxygen atoms in total. The fourth-order valence-corrected chi connectivity index (χ4v) is 5.05. The molecule has 1 aliphatic carbocycles. The van der Waals surface area contributed by atoms with Gasteiger partial charge in [-0.25, -0.2) is 24.0 Å². The molecule has 6 rings (SSSR count). The van der Waals surface area contributed by atoms with Gasteiger partial charge in [-0.15, -0.1) is 0 Å². The van der Waals surface area contributed by atoms with Gasteiger partial charge in [-0.05, 0) is 76.4 Å². The highest BCUT2D eigenvalue weighted by Crippen LogP contribution is 2.36. The molecule has 1 unspecified atom stereocenters. The highest BCUT2D eigenvalue weighted by molar-refractivity contribution is 5.98. The molecule has 5 aromatic rings. The standard InChI is InChI=1S/C28H28FN7O2/c1-15(2)38-19-12-10-17(11-13-19)24-23-25(30)31-14-32-27(23)36(34-24)16(3)26-33-21-9-5-8-20(29)22(21)28(37)35(26)18-6-4-7-18/h5,8-16,18H,4,6-7H2,1-3H3,(H2,30,31,32). The quantitative estimate of drug-likeness (QED) is 0.338. The van der Waals surface area contributed by atoms with Crippen molar-refractivity contribution in [2.24, 2.45) is 0 Å². The smallest absolute Gasteiger partial charge is 0.264 e. The molecule has 0 amide bonds. The first-order valence-electron chi connectivity index (χ1n) is 12.8. The van der Waals surface area contributed by atoms with Gasteiger partial charge < -0.3 is 10.5 Å². The summed E-state index contributed by atoms with van der Waals surface area (Å²) in [4.78, 5) is 27.1. The Labute approximate surface area is 218 Å². The first-order chi connectivity index (χ1) is 18.3. The minimum absolute atomic E-state index is 0.0108. The summed E-state index contributed by atoms with van der Waals surface area (Å²) in [5, 5.41) is 5.55. The number of rotatable bonds is 6. The Bertz CT molecular complexity index is 1720. The number of hydrogen-bond acceptors (Lipinski definition) is 7. The van der Waals surface area contributed by atoms with Gasteiger partial charge in [0.2, 0.25) is 0 Å². The second-order valence-corrected chi connectivity index (χ2v) is 9.98. The highest BCUT2D eigenvalue weighted by Gasteiger charge is 2.30. The summed E-state index contributed by atoms with van der Waals surface area (Å²) < 4.78 is 23.9. The van der Waals surface area contributed by atoms with Crippen molar-refractivity contribution in [2.75, 3.05) is 5.73 Å². The SMILES string of the molecule is CC(C)Oc1ccc(-c2nn(C(C)c3nc4cccc(F)c4c(=O)n3C3CCC3)c3ncnc(N)c23)cc1. The highest BCUT2D eigenvalue weighted by atomic mass is 19.1. The molecular weight excluding hydrogens is 485 g/mol. The Balaban J connectivity index is 1.54. The molecule has 0 bridgehead atoms. The third kappa shape index (κ3) is 3.87. The summed E-state index contributed by atoms with van der Waals surface area (Å²) in [5.41, 5.74) is 8.24.